The van der Waals surface area contributed by atoms with Crippen LogP contribution in [0.3, 0.4) is 0 Å². The average molecular weight is 360 g/mol. The first-order valence-corrected chi connectivity index (χ1v) is 8.26. The lowest BCUT2D eigenvalue weighted by Crippen LogP contribution is -2.52. The van der Waals surface area contributed by atoms with Crippen LogP contribution in [0.1, 0.15) is 16.1 Å². The summed E-state index contributed by atoms with van der Waals surface area (Å²) < 4.78 is 10.0. The third-order valence-electron chi connectivity index (χ3n) is 4.05. The molecule has 2 aromatic heterocycles. The number of rotatable bonds is 5. The first kappa shape index (κ1) is 17.7. The second-order valence-electron chi connectivity index (χ2n) is 5.89. The molecule has 3 heterocycles. The highest BCUT2D eigenvalue weighted by molar-refractivity contribution is 5.95. The molecule has 4 amide bonds. The zero-order chi connectivity index (χ0) is 18.4. The summed E-state index contributed by atoms with van der Waals surface area (Å²) in [5.74, 6) is 0.128. The second-order valence-corrected chi connectivity index (χ2v) is 5.89. The number of piperazine rings is 1. The van der Waals surface area contributed by atoms with Crippen molar-refractivity contribution in [3.63, 3.8) is 0 Å². The zero-order valence-electron chi connectivity index (χ0n) is 14.1. The van der Waals surface area contributed by atoms with Gasteiger partial charge in [-0.15, -0.1) is 0 Å². The lowest BCUT2D eigenvalue weighted by atomic mass is 10.2. The minimum atomic E-state index is -0.569. The average Bonchev–Trinajstić information content (AvgIpc) is 3.33. The van der Waals surface area contributed by atoms with Gasteiger partial charge in [0.1, 0.15) is 12.0 Å². The highest BCUT2D eigenvalue weighted by Crippen LogP contribution is 2.09. The van der Waals surface area contributed by atoms with Gasteiger partial charge in [-0.05, 0) is 18.2 Å². The van der Waals surface area contributed by atoms with Gasteiger partial charge in [-0.25, -0.2) is 4.79 Å². The second kappa shape index (κ2) is 8.34. The summed E-state index contributed by atoms with van der Waals surface area (Å²) in [6.45, 7) is 2.46. The van der Waals surface area contributed by atoms with Crippen LogP contribution in [0.15, 0.2) is 45.8 Å². The van der Waals surface area contributed by atoms with Crippen molar-refractivity contribution < 1.29 is 23.2 Å². The van der Waals surface area contributed by atoms with Crippen LogP contribution in [0, 0.1) is 0 Å². The molecule has 9 nitrogen and oxygen atoms in total. The van der Waals surface area contributed by atoms with E-state index in [1.54, 1.807) is 23.1 Å². The van der Waals surface area contributed by atoms with Gasteiger partial charge in [0.15, 0.2) is 0 Å². The maximum absolute atomic E-state index is 12.2. The molecule has 0 aromatic carbocycles. The van der Waals surface area contributed by atoms with E-state index >= 15 is 0 Å². The van der Waals surface area contributed by atoms with E-state index in [4.69, 9.17) is 8.83 Å². The Balaban J connectivity index is 1.36. The summed E-state index contributed by atoms with van der Waals surface area (Å²) in [4.78, 5) is 39.5. The Hall–Kier alpha value is -3.07. The molecular formula is C17H20N4O5. The predicted octanol–water partition coefficient (Wildman–Crippen LogP) is 0.656. The smallest absolute Gasteiger partial charge is 0.321 e. The lowest BCUT2D eigenvalue weighted by molar-refractivity contribution is -0.121. The SMILES string of the molecule is O=C(CN1CCN(C(=O)c2ccoc2)CC1)NC(=O)NCc1ccco1. The van der Waals surface area contributed by atoms with E-state index in [9.17, 15) is 14.4 Å². The number of hydrogen-bond acceptors (Lipinski definition) is 6. The van der Waals surface area contributed by atoms with E-state index in [2.05, 4.69) is 10.6 Å². The summed E-state index contributed by atoms with van der Waals surface area (Å²) in [6.07, 6.45) is 4.39. The third kappa shape index (κ3) is 4.73. The first-order chi connectivity index (χ1) is 12.6. The molecule has 1 fully saturated rings. The van der Waals surface area contributed by atoms with Crippen molar-refractivity contribution in [3.05, 3.63) is 48.3 Å². The Labute approximate surface area is 149 Å². The summed E-state index contributed by atoms with van der Waals surface area (Å²) >= 11 is 0. The van der Waals surface area contributed by atoms with Crippen molar-refractivity contribution in [1.29, 1.82) is 0 Å². The van der Waals surface area contributed by atoms with Gasteiger partial charge in [0.25, 0.3) is 5.91 Å². The number of furan rings is 2. The number of nitrogens with one attached hydrogen (secondary N) is 2. The first-order valence-electron chi connectivity index (χ1n) is 8.26. The molecule has 138 valence electrons. The van der Waals surface area contributed by atoms with Gasteiger partial charge in [0.2, 0.25) is 5.91 Å². The van der Waals surface area contributed by atoms with Gasteiger partial charge in [-0.2, -0.15) is 0 Å². The summed E-state index contributed by atoms with van der Waals surface area (Å²) in [6, 6.07) is 4.51. The topological polar surface area (TPSA) is 108 Å². The molecule has 0 atom stereocenters. The molecule has 0 radical (unpaired) electrons. The standard InChI is InChI=1S/C17H20N4O5/c22-15(19-17(24)18-10-14-2-1-8-26-14)11-20-4-6-21(7-5-20)16(23)13-3-9-25-12-13/h1-3,8-9,12H,4-7,10-11H2,(H2,18,19,22,24). The van der Waals surface area contributed by atoms with Crippen LogP contribution >= 0.6 is 0 Å². The molecule has 0 unspecified atom stereocenters. The molecule has 0 aliphatic carbocycles. The monoisotopic (exact) mass is 360 g/mol. The van der Waals surface area contributed by atoms with Crippen molar-refractivity contribution in [3.8, 4) is 0 Å². The highest BCUT2D eigenvalue weighted by Gasteiger charge is 2.24. The van der Waals surface area contributed by atoms with E-state index in [0.717, 1.165) is 0 Å². The van der Waals surface area contributed by atoms with Crippen molar-refractivity contribution in [2.45, 2.75) is 6.54 Å². The van der Waals surface area contributed by atoms with Gasteiger partial charge in [-0.1, -0.05) is 0 Å². The van der Waals surface area contributed by atoms with Gasteiger partial charge < -0.3 is 19.1 Å². The Kier molecular flexibility index (Phi) is 5.69. The van der Waals surface area contributed by atoms with Gasteiger partial charge >= 0.3 is 6.03 Å². The minimum absolute atomic E-state index is 0.0832. The van der Waals surface area contributed by atoms with Crippen molar-refractivity contribution >= 4 is 17.8 Å². The fourth-order valence-corrected chi connectivity index (χ4v) is 2.67. The number of carbonyl (C=O) groups is 3. The van der Waals surface area contributed by atoms with Crippen molar-refractivity contribution in [2.24, 2.45) is 0 Å². The van der Waals surface area contributed by atoms with Crippen LogP contribution in [-0.2, 0) is 11.3 Å². The van der Waals surface area contributed by atoms with E-state index in [-0.39, 0.29) is 19.0 Å². The molecule has 0 saturated carbocycles. The molecule has 2 aromatic rings. The Morgan fingerprint density at radius 3 is 2.54 bits per heavy atom. The molecular weight excluding hydrogens is 340 g/mol. The largest absolute Gasteiger partial charge is 0.472 e. The molecule has 3 rings (SSSR count). The summed E-state index contributed by atoms with van der Waals surface area (Å²) in [7, 11) is 0. The van der Waals surface area contributed by atoms with E-state index in [1.165, 1.54) is 18.8 Å². The molecule has 1 aliphatic rings. The number of carbonyl (C=O) groups excluding carboxylic acids is 3. The van der Waals surface area contributed by atoms with E-state index < -0.39 is 11.9 Å². The summed E-state index contributed by atoms with van der Waals surface area (Å²) in [5.41, 5.74) is 0.518. The van der Waals surface area contributed by atoms with Crippen LogP contribution < -0.4 is 10.6 Å². The van der Waals surface area contributed by atoms with Gasteiger partial charge in [0, 0.05) is 26.2 Å². The number of amides is 4. The molecule has 9 heteroatoms. The van der Waals surface area contributed by atoms with Crippen LogP contribution in [0.25, 0.3) is 0 Å². The Morgan fingerprint density at radius 1 is 1.08 bits per heavy atom. The summed E-state index contributed by atoms with van der Waals surface area (Å²) in [5, 5.41) is 4.83. The number of nitrogens with zero attached hydrogens (tertiary/aromatic N) is 2. The van der Waals surface area contributed by atoms with Gasteiger partial charge in [0.05, 0.1) is 31.2 Å². The number of imide groups is 1. The number of urea groups is 1. The van der Waals surface area contributed by atoms with Crippen LogP contribution in [0.5, 0.6) is 0 Å². The maximum atomic E-state index is 12.2. The molecule has 2 N–H and O–H groups in total. The minimum Gasteiger partial charge on any atom is -0.472 e. The molecule has 0 bridgehead atoms. The van der Waals surface area contributed by atoms with E-state index in [0.29, 0.717) is 37.5 Å². The highest BCUT2D eigenvalue weighted by atomic mass is 16.3. The van der Waals surface area contributed by atoms with Crippen molar-refractivity contribution in [1.82, 2.24) is 20.4 Å². The fraction of sp³-hybridized carbons (Fsp3) is 0.353. The zero-order valence-corrected chi connectivity index (χ0v) is 14.1. The Bertz CT molecular complexity index is 733. The van der Waals surface area contributed by atoms with Gasteiger partial charge in [-0.3, -0.25) is 19.8 Å². The van der Waals surface area contributed by atoms with Crippen LogP contribution in [-0.4, -0.2) is 60.4 Å². The lowest BCUT2D eigenvalue weighted by Gasteiger charge is -2.34. The predicted molar refractivity (Wildman–Crippen MR) is 90.1 cm³/mol. The maximum Gasteiger partial charge on any atom is 0.321 e. The fourth-order valence-electron chi connectivity index (χ4n) is 2.67. The molecule has 0 spiro atoms. The third-order valence-corrected chi connectivity index (χ3v) is 4.05. The van der Waals surface area contributed by atoms with Crippen LogP contribution in [0.4, 0.5) is 4.79 Å². The number of hydrogen-bond donors (Lipinski definition) is 2. The van der Waals surface area contributed by atoms with E-state index in [1.807, 2.05) is 4.90 Å². The molecule has 1 saturated heterocycles. The normalized spacial score (nSPS) is 14.8. The quantitative estimate of drug-likeness (QED) is 0.811. The van der Waals surface area contributed by atoms with Crippen LogP contribution in [0.2, 0.25) is 0 Å². The van der Waals surface area contributed by atoms with Crippen molar-refractivity contribution in [2.75, 3.05) is 32.7 Å². The molecule has 26 heavy (non-hydrogen) atoms. The Morgan fingerprint density at radius 2 is 1.88 bits per heavy atom. The molecule has 1 aliphatic heterocycles.